The third kappa shape index (κ3) is 4.01. The highest BCUT2D eigenvalue weighted by Crippen LogP contribution is 2.36. The van der Waals surface area contributed by atoms with Gasteiger partial charge in [-0.15, -0.1) is 0 Å². The Kier molecular flexibility index (Phi) is 5.58. The maximum atomic E-state index is 12.8. The number of ether oxygens (including phenoxy) is 2. The summed E-state index contributed by atoms with van der Waals surface area (Å²) in [4.78, 5) is 12.8. The van der Waals surface area contributed by atoms with Gasteiger partial charge < -0.3 is 19.4 Å². The monoisotopic (exact) mass is 392 g/mol. The van der Waals surface area contributed by atoms with E-state index in [2.05, 4.69) is 36.5 Å². The van der Waals surface area contributed by atoms with E-state index in [4.69, 9.17) is 9.47 Å². The van der Waals surface area contributed by atoms with Crippen molar-refractivity contribution in [2.75, 3.05) is 26.9 Å². The minimum Gasteiger partial charge on any atom is -0.497 e. The SMILES string of the molecule is COc1ccc2c(ccn2CC(=O)NCC2(c3ccccc3C)CCOCC2)c1. The third-order valence-corrected chi connectivity index (χ3v) is 6.08. The number of fused-ring (bicyclic) bond motifs is 1. The van der Waals surface area contributed by atoms with Crippen molar-refractivity contribution in [3.8, 4) is 5.75 Å². The van der Waals surface area contributed by atoms with Crippen LogP contribution in [0.15, 0.2) is 54.7 Å². The van der Waals surface area contributed by atoms with Crippen LogP contribution in [0.3, 0.4) is 0 Å². The molecule has 1 saturated heterocycles. The molecule has 3 aromatic rings. The van der Waals surface area contributed by atoms with E-state index in [9.17, 15) is 4.79 Å². The molecule has 1 aromatic heterocycles. The van der Waals surface area contributed by atoms with Crippen LogP contribution in [0.5, 0.6) is 5.75 Å². The molecule has 1 fully saturated rings. The van der Waals surface area contributed by atoms with E-state index in [1.807, 2.05) is 35.0 Å². The highest BCUT2D eigenvalue weighted by Gasteiger charge is 2.35. The van der Waals surface area contributed by atoms with E-state index >= 15 is 0 Å². The van der Waals surface area contributed by atoms with Crippen LogP contribution < -0.4 is 10.1 Å². The number of aromatic nitrogens is 1. The number of hydrogen-bond donors (Lipinski definition) is 1. The molecule has 1 aliphatic heterocycles. The van der Waals surface area contributed by atoms with E-state index in [1.54, 1.807) is 7.11 Å². The first-order valence-electron chi connectivity index (χ1n) is 10.1. The van der Waals surface area contributed by atoms with Gasteiger partial charge in [-0.1, -0.05) is 24.3 Å². The number of rotatable bonds is 6. The smallest absolute Gasteiger partial charge is 0.239 e. The normalized spacial score (nSPS) is 15.9. The number of nitrogens with zero attached hydrogens (tertiary/aromatic N) is 1. The first-order valence-corrected chi connectivity index (χ1v) is 10.1. The molecule has 152 valence electrons. The van der Waals surface area contributed by atoms with Crippen LogP contribution >= 0.6 is 0 Å². The minimum absolute atomic E-state index is 0.0257. The molecule has 0 atom stereocenters. The Morgan fingerprint density at radius 3 is 2.72 bits per heavy atom. The molecule has 29 heavy (non-hydrogen) atoms. The van der Waals surface area contributed by atoms with Gasteiger partial charge in [-0.3, -0.25) is 4.79 Å². The molecule has 5 nitrogen and oxygen atoms in total. The molecule has 5 heteroatoms. The molecule has 0 aliphatic carbocycles. The molecular weight excluding hydrogens is 364 g/mol. The van der Waals surface area contributed by atoms with E-state index in [0.29, 0.717) is 13.1 Å². The number of amides is 1. The van der Waals surface area contributed by atoms with Crippen LogP contribution in [0.25, 0.3) is 10.9 Å². The largest absolute Gasteiger partial charge is 0.497 e. The summed E-state index contributed by atoms with van der Waals surface area (Å²) in [6, 6.07) is 16.4. The Labute approximate surface area is 171 Å². The number of hydrogen-bond acceptors (Lipinski definition) is 3. The Balaban J connectivity index is 1.48. The zero-order valence-corrected chi connectivity index (χ0v) is 17.1. The first kappa shape index (κ1) is 19.5. The Bertz CT molecular complexity index is 1000. The fourth-order valence-electron chi connectivity index (χ4n) is 4.39. The maximum absolute atomic E-state index is 12.8. The van der Waals surface area contributed by atoms with Crippen molar-refractivity contribution in [1.29, 1.82) is 0 Å². The van der Waals surface area contributed by atoms with Crippen molar-refractivity contribution < 1.29 is 14.3 Å². The van der Waals surface area contributed by atoms with Crippen LogP contribution in [-0.2, 0) is 21.5 Å². The van der Waals surface area contributed by atoms with E-state index in [-0.39, 0.29) is 11.3 Å². The average molecular weight is 392 g/mol. The predicted octanol–water partition coefficient (Wildman–Crippen LogP) is 3.82. The molecule has 4 rings (SSSR count). The van der Waals surface area contributed by atoms with Gasteiger partial charge in [0.05, 0.1) is 7.11 Å². The fraction of sp³-hybridized carbons (Fsp3) is 0.375. The van der Waals surface area contributed by atoms with Gasteiger partial charge in [0, 0.05) is 42.3 Å². The summed E-state index contributed by atoms with van der Waals surface area (Å²) < 4.78 is 12.9. The predicted molar refractivity (Wildman–Crippen MR) is 114 cm³/mol. The van der Waals surface area contributed by atoms with E-state index in [0.717, 1.165) is 42.7 Å². The standard InChI is InChI=1S/C24H28N2O3/c1-18-5-3-4-6-21(18)24(10-13-29-14-11-24)17-25-23(27)16-26-12-9-19-15-20(28-2)7-8-22(19)26/h3-9,12,15H,10-11,13-14,16-17H2,1-2H3,(H,25,27). The quantitative estimate of drug-likeness (QED) is 0.694. The lowest BCUT2D eigenvalue weighted by atomic mass is 9.72. The number of carbonyl (C=O) groups is 1. The molecule has 0 spiro atoms. The van der Waals surface area contributed by atoms with Gasteiger partial charge in [0.15, 0.2) is 0 Å². The van der Waals surface area contributed by atoms with Crippen LogP contribution in [-0.4, -0.2) is 37.3 Å². The second-order valence-corrected chi connectivity index (χ2v) is 7.85. The van der Waals surface area contributed by atoms with Gasteiger partial charge in [-0.25, -0.2) is 0 Å². The zero-order chi connectivity index (χ0) is 20.3. The van der Waals surface area contributed by atoms with Crippen LogP contribution in [0.4, 0.5) is 0 Å². The first-order chi connectivity index (χ1) is 14.1. The molecule has 1 aliphatic rings. The highest BCUT2D eigenvalue weighted by molar-refractivity contribution is 5.84. The lowest BCUT2D eigenvalue weighted by Crippen LogP contribution is -2.45. The lowest BCUT2D eigenvalue weighted by Gasteiger charge is -2.39. The van der Waals surface area contributed by atoms with Gasteiger partial charge >= 0.3 is 0 Å². The number of carbonyl (C=O) groups excluding carboxylic acids is 1. The lowest BCUT2D eigenvalue weighted by molar-refractivity contribution is -0.122. The molecule has 0 radical (unpaired) electrons. The summed E-state index contributed by atoms with van der Waals surface area (Å²) in [5.74, 6) is 0.845. The van der Waals surface area contributed by atoms with Gasteiger partial charge in [0.2, 0.25) is 5.91 Å². The number of aryl methyl sites for hydroxylation is 1. The second kappa shape index (κ2) is 8.29. The summed E-state index contributed by atoms with van der Waals surface area (Å²) in [7, 11) is 1.66. The maximum Gasteiger partial charge on any atom is 0.239 e. The highest BCUT2D eigenvalue weighted by atomic mass is 16.5. The Morgan fingerprint density at radius 1 is 1.17 bits per heavy atom. The summed E-state index contributed by atoms with van der Waals surface area (Å²) in [5.41, 5.74) is 3.56. The van der Waals surface area contributed by atoms with E-state index in [1.165, 1.54) is 11.1 Å². The summed E-state index contributed by atoms with van der Waals surface area (Å²) >= 11 is 0. The number of benzene rings is 2. The number of methoxy groups -OCH3 is 1. The van der Waals surface area contributed by atoms with Gasteiger partial charge in [0.1, 0.15) is 12.3 Å². The summed E-state index contributed by atoms with van der Waals surface area (Å²) in [6.07, 6.45) is 3.80. The van der Waals surface area contributed by atoms with E-state index < -0.39 is 0 Å². The number of nitrogens with one attached hydrogen (secondary N) is 1. The van der Waals surface area contributed by atoms with Crippen LogP contribution in [0, 0.1) is 6.92 Å². The zero-order valence-electron chi connectivity index (χ0n) is 17.1. The molecule has 2 aromatic carbocycles. The minimum atomic E-state index is -0.0641. The second-order valence-electron chi connectivity index (χ2n) is 7.85. The molecule has 0 unspecified atom stereocenters. The van der Waals surface area contributed by atoms with Crippen molar-refractivity contribution in [3.05, 3.63) is 65.9 Å². The third-order valence-electron chi connectivity index (χ3n) is 6.08. The Hall–Kier alpha value is -2.79. The molecule has 0 bridgehead atoms. The molecule has 0 saturated carbocycles. The molecule has 1 N–H and O–H groups in total. The van der Waals surface area contributed by atoms with Crippen molar-refractivity contribution >= 4 is 16.8 Å². The van der Waals surface area contributed by atoms with Gasteiger partial charge in [-0.2, -0.15) is 0 Å². The average Bonchev–Trinajstić information content (AvgIpc) is 3.15. The van der Waals surface area contributed by atoms with Gasteiger partial charge in [0.25, 0.3) is 0 Å². The fourth-order valence-corrected chi connectivity index (χ4v) is 4.39. The Morgan fingerprint density at radius 2 is 1.97 bits per heavy atom. The molecule has 2 heterocycles. The van der Waals surface area contributed by atoms with Crippen molar-refractivity contribution in [1.82, 2.24) is 9.88 Å². The van der Waals surface area contributed by atoms with Gasteiger partial charge in [-0.05, 0) is 55.2 Å². The van der Waals surface area contributed by atoms with Crippen LogP contribution in [0.2, 0.25) is 0 Å². The van der Waals surface area contributed by atoms with Crippen LogP contribution in [0.1, 0.15) is 24.0 Å². The summed E-state index contributed by atoms with van der Waals surface area (Å²) in [5, 5.41) is 4.27. The molecular formula is C24H28N2O3. The molecule has 1 amide bonds. The topological polar surface area (TPSA) is 52.5 Å². The van der Waals surface area contributed by atoms with Crippen molar-refractivity contribution in [2.24, 2.45) is 0 Å². The van der Waals surface area contributed by atoms with Crippen molar-refractivity contribution in [3.63, 3.8) is 0 Å². The van der Waals surface area contributed by atoms with Crippen molar-refractivity contribution in [2.45, 2.75) is 31.7 Å². The summed E-state index contributed by atoms with van der Waals surface area (Å²) in [6.45, 7) is 4.54.